The highest BCUT2D eigenvalue weighted by molar-refractivity contribution is 7.19. The number of aromatic nitrogens is 6. The molecular formula is C12H8N6S. The van der Waals surface area contributed by atoms with Crippen molar-refractivity contribution < 1.29 is 0 Å². The molecule has 2 aliphatic rings. The molecule has 2 aromatic rings. The summed E-state index contributed by atoms with van der Waals surface area (Å²) in [6.45, 7) is 2.06. The maximum Gasteiger partial charge on any atom is 0.214 e. The Hall–Kier alpha value is -2.41. The fourth-order valence-corrected chi connectivity index (χ4v) is 2.72. The summed E-state index contributed by atoms with van der Waals surface area (Å²) in [5.74, 6) is 0.555. The molecule has 0 radical (unpaired) electrons. The highest BCUT2D eigenvalue weighted by atomic mass is 32.1. The van der Waals surface area contributed by atoms with Gasteiger partial charge >= 0.3 is 0 Å². The van der Waals surface area contributed by atoms with E-state index in [0.29, 0.717) is 11.5 Å². The van der Waals surface area contributed by atoms with Crippen molar-refractivity contribution in [2.75, 3.05) is 0 Å². The Labute approximate surface area is 112 Å². The summed E-state index contributed by atoms with van der Waals surface area (Å²) in [5, 5.41) is 16.8. The van der Waals surface area contributed by atoms with Crippen molar-refractivity contribution in [2.24, 2.45) is 0 Å². The average molecular weight is 268 g/mol. The third-order valence-electron chi connectivity index (χ3n) is 2.85. The van der Waals surface area contributed by atoms with Gasteiger partial charge in [-0.15, -0.1) is 10.2 Å². The molecule has 0 bridgehead atoms. The smallest absolute Gasteiger partial charge is 0.210 e. The number of fused-ring (bicyclic) bond motifs is 2. The molecule has 0 aliphatic carbocycles. The Kier molecular flexibility index (Phi) is 2.10. The largest absolute Gasteiger partial charge is 0.214 e. The van der Waals surface area contributed by atoms with E-state index in [0.717, 1.165) is 15.5 Å². The van der Waals surface area contributed by atoms with Crippen LogP contribution in [-0.4, -0.2) is 30.0 Å². The maximum absolute atomic E-state index is 4.52. The van der Waals surface area contributed by atoms with Crippen LogP contribution in [0.5, 0.6) is 0 Å². The zero-order valence-electron chi connectivity index (χ0n) is 9.98. The van der Waals surface area contributed by atoms with Crippen LogP contribution in [0.4, 0.5) is 0 Å². The first-order chi connectivity index (χ1) is 9.29. The molecule has 1 aromatic carbocycles. The van der Waals surface area contributed by atoms with Gasteiger partial charge in [0.25, 0.3) is 0 Å². The van der Waals surface area contributed by atoms with Gasteiger partial charge in [0.15, 0.2) is 5.69 Å². The molecule has 3 heterocycles. The molecule has 19 heavy (non-hydrogen) atoms. The van der Waals surface area contributed by atoms with E-state index in [9.17, 15) is 0 Å². The first kappa shape index (κ1) is 10.5. The Morgan fingerprint density at radius 3 is 2.79 bits per heavy atom. The normalized spacial score (nSPS) is 11.4. The number of hydrogen-bond donors (Lipinski definition) is 0. The Morgan fingerprint density at radius 1 is 1.11 bits per heavy atom. The Morgan fingerprint density at radius 2 is 1.95 bits per heavy atom. The van der Waals surface area contributed by atoms with Crippen LogP contribution in [0.2, 0.25) is 0 Å². The van der Waals surface area contributed by atoms with Crippen molar-refractivity contribution in [1.82, 2.24) is 30.0 Å². The van der Waals surface area contributed by atoms with Crippen LogP contribution < -0.4 is 0 Å². The minimum Gasteiger partial charge on any atom is -0.210 e. The first-order valence-electron chi connectivity index (χ1n) is 5.72. The van der Waals surface area contributed by atoms with Gasteiger partial charge < -0.3 is 0 Å². The second-order valence-corrected chi connectivity index (χ2v) is 5.20. The van der Waals surface area contributed by atoms with Gasteiger partial charge in [0.2, 0.25) is 10.8 Å². The average Bonchev–Trinajstić information content (AvgIpc) is 3.01. The fraction of sp³-hybridized carbons (Fsp3) is 0.0833. The van der Waals surface area contributed by atoms with Crippen LogP contribution >= 0.6 is 11.3 Å². The van der Waals surface area contributed by atoms with Crippen molar-refractivity contribution in [3.8, 4) is 22.1 Å². The summed E-state index contributed by atoms with van der Waals surface area (Å²) in [5.41, 5.74) is 2.96. The predicted molar refractivity (Wildman–Crippen MR) is 71.0 cm³/mol. The number of nitrogens with zero attached hydrogens (tertiary/aromatic N) is 6. The fourth-order valence-electron chi connectivity index (χ4n) is 1.84. The Bertz CT molecular complexity index is 786. The minimum absolute atomic E-state index is 0.555. The molecule has 0 fully saturated rings. The summed E-state index contributed by atoms with van der Waals surface area (Å²) >= 11 is 1.52. The highest BCUT2D eigenvalue weighted by Crippen LogP contribution is 2.26. The highest BCUT2D eigenvalue weighted by Gasteiger charge is 2.14. The zero-order valence-corrected chi connectivity index (χ0v) is 10.8. The van der Waals surface area contributed by atoms with Crippen molar-refractivity contribution in [3.63, 3.8) is 0 Å². The molecule has 1 aromatic heterocycles. The number of hydrogen-bond acceptors (Lipinski definition) is 6. The molecule has 0 saturated heterocycles. The van der Waals surface area contributed by atoms with Crippen molar-refractivity contribution in [3.05, 3.63) is 36.0 Å². The van der Waals surface area contributed by atoms with E-state index in [1.54, 1.807) is 10.7 Å². The summed E-state index contributed by atoms with van der Waals surface area (Å²) in [6, 6.07) is 8.27. The molecule has 0 atom stereocenters. The van der Waals surface area contributed by atoms with Gasteiger partial charge in [-0.2, -0.15) is 10.1 Å². The lowest BCUT2D eigenvalue weighted by molar-refractivity contribution is 0.936. The monoisotopic (exact) mass is 268 g/mol. The zero-order chi connectivity index (χ0) is 12.8. The summed E-state index contributed by atoms with van der Waals surface area (Å²) < 4.78 is 1.72. The van der Waals surface area contributed by atoms with E-state index in [-0.39, 0.29) is 0 Å². The maximum atomic E-state index is 4.52. The van der Waals surface area contributed by atoms with Gasteiger partial charge in [-0.3, -0.25) is 0 Å². The Balaban J connectivity index is 1.92. The molecule has 7 heteroatoms. The number of benzene rings is 1. The lowest BCUT2D eigenvalue weighted by Crippen LogP contribution is -1.94. The van der Waals surface area contributed by atoms with Crippen molar-refractivity contribution in [1.29, 1.82) is 0 Å². The van der Waals surface area contributed by atoms with Crippen molar-refractivity contribution in [2.45, 2.75) is 6.92 Å². The van der Waals surface area contributed by atoms with Gasteiger partial charge in [-0.1, -0.05) is 41.2 Å². The number of rotatable bonds is 1. The number of aryl methyl sites for hydroxylation is 1. The van der Waals surface area contributed by atoms with Gasteiger partial charge in [0.1, 0.15) is 5.01 Å². The van der Waals surface area contributed by atoms with Crippen LogP contribution in [0.25, 0.3) is 27.1 Å². The summed E-state index contributed by atoms with van der Waals surface area (Å²) in [6.07, 6.45) is 1.80. The van der Waals surface area contributed by atoms with E-state index in [1.165, 1.54) is 16.9 Å². The SMILES string of the molecule is Cc1ccc(-c2nn3cc4nnnc-4nc3s2)cc1. The van der Waals surface area contributed by atoms with Gasteiger partial charge in [-0.05, 0) is 12.1 Å². The molecule has 6 nitrogen and oxygen atoms in total. The third-order valence-corrected chi connectivity index (χ3v) is 3.82. The molecule has 92 valence electrons. The molecule has 0 saturated carbocycles. The lowest BCUT2D eigenvalue weighted by atomic mass is 10.2. The van der Waals surface area contributed by atoms with E-state index in [2.05, 4.69) is 56.7 Å². The minimum atomic E-state index is 0.555. The van der Waals surface area contributed by atoms with Gasteiger partial charge in [0, 0.05) is 5.56 Å². The van der Waals surface area contributed by atoms with E-state index < -0.39 is 0 Å². The molecule has 4 rings (SSSR count). The van der Waals surface area contributed by atoms with E-state index >= 15 is 0 Å². The lowest BCUT2D eigenvalue weighted by Gasteiger charge is -1.95. The molecule has 0 unspecified atom stereocenters. The third kappa shape index (κ3) is 1.66. The van der Waals surface area contributed by atoms with Crippen molar-refractivity contribution >= 4 is 16.3 Å². The standard InChI is InChI=1S/C12H8N6S/c1-7-2-4-8(5-3-7)11-16-18-6-9-10(15-17-14-9)13-12(18)19-11/h2-6H,1H3. The summed E-state index contributed by atoms with van der Waals surface area (Å²) in [7, 11) is 0. The quantitative estimate of drug-likeness (QED) is 0.528. The van der Waals surface area contributed by atoms with E-state index in [1.807, 2.05) is 0 Å². The molecule has 0 amide bonds. The predicted octanol–water partition coefficient (Wildman–Crippen LogP) is 2.06. The van der Waals surface area contributed by atoms with Crippen LogP contribution in [0.15, 0.2) is 30.5 Å². The van der Waals surface area contributed by atoms with Crippen LogP contribution in [0, 0.1) is 6.92 Å². The molecule has 0 spiro atoms. The van der Waals surface area contributed by atoms with Crippen LogP contribution in [0.1, 0.15) is 5.56 Å². The van der Waals surface area contributed by atoms with Gasteiger partial charge in [-0.25, -0.2) is 4.52 Å². The topological polar surface area (TPSA) is 68.9 Å². The first-order valence-corrected chi connectivity index (χ1v) is 6.53. The molecule has 0 N–H and O–H groups in total. The van der Waals surface area contributed by atoms with Gasteiger partial charge in [0.05, 0.1) is 6.20 Å². The molecule has 2 aliphatic heterocycles. The van der Waals surface area contributed by atoms with E-state index in [4.69, 9.17) is 0 Å². The summed E-state index contributed by atoms with van der Waals surface area (Å²) in [4.78, 5) is 5.17. The second-order valence-electron chi connectivity index (χ2n) is 4.24. The van der Waals surface area contributed by atoms with Crippen LogP contribution in [-0.2, 0) is 0 Å². The van der Waals surface area contributed by atoms with Crippen LogP contribution in [0.3, 0.4) is 0 Å². The molecular weight excluding hydrogens is 260 g/mol. The second kappa shape index (κ2) is 3.79.